The third-order valence-corrected chi connectivity index (χ3v) is 3.80. The van der Waals surface area contributed by atoms with Gasteiger partial charge in [-0.1, -0.05) is 18.2 Å². The molecule has 22 heavy (non-hydrogen) atoms. The van der Waals surface area contributed by atoms with E-state index in [1.54, 1.807) is 0 Å². The minimum absolute atomic E-state index is 0.00227. The number of rotatable bonds is 5. The number of aromatic nitrogens is 2. The lowest BCUT2D eigenvalue weighted by atomic mass is 10.1. The molecule has 2 rings (SSSR count). The summed E-state index contributed by atoms with van der Waals surface area (Å²) < 4.78 is 5.97. The van der Waals surface area contributed by atoms with E-state index in [4.69, 9.17) is 9.42 Å². The summed E-state index contributed by atoms with van der Waals surface area (Å²) in [5, 5.41) is 0. The number of hydrogen-bond donors (Lipinski definition) is 0. The van der Waals surface area contributed by atoms with Gasteiger partial charge in [-0.25, -0.2) is 9.97 Å². The van der Waals surface area contributed by atoms with E-state index < -0.39 is 9.04 Å². The van der Waals surface area contributed by atoms with Gasteiger partial charge < -0.3 is 4.43 Å². The van der Waals surface area contributed by atoms with Crippen LogP contribution in [0.3, 0.4) is 0 Å². The molecule has 0 spiro atoms. The Morgan fingerprint density at radius 1 is 1.18 bits per heavy atom. The molecule has 0 aliphatic rings. The number of benzene rings is 1. The Morgan fingerprint density at radius 2 is 1.82 bits per heavy atom. The minimum atomic E-state index is -0.800. The van der Waals surface area contributed by atoms with Crippen molar-refractivity contribution in [2.45, 2.75) is 39.9 Å². The first-order valence-corrected chi connectivity index (χ1v) is 9.78. The average Bonchev–Trinajstić information content (AvgIpc) is 2.47. The van der Waals surface area contributed by atoms with E-state index in [0.29, 0.717) is 5.82 Å². The van der Waals surface area contributed by atoms with E-state index in [1.807, 2.05) is 44.4 Å². The number of para-hydroxylation sites is 1. The van der Waals surface area contributed by atoms with Crippen molar-refractivity contribution in [2.75, 3.05) is 0 Å². The molecule has 1 heterocycles. The number of aliphatic imine (C=N–C) groups is 1. The van der Waals surface area contributed by atoms with Crippen LogP contribution in [-0.4, -0.2) is 24.7 Å². The maximum absolute atomic E-state index is 5.97. The molecule has 0 fully saturated rings. The lowest BCUT2D eigenvalue weighted by Gasteiger charge is -2.16. The summed E-state index contributed by atoms with van der Waals surface area (Å²) in [5.41, 5.74) is 2.98. The van der Waals surface area contributed by atoms with Crippen LogP contribution in [0.2, 0.25) is 13.1 Å². The van der Waals surface area contributed by atoms with Crippen molar-refractivity contribution in [1.82, 2.24) is 9.97 Å². The predicted molar refractivity (Wildman–Crippen MR) is 91.9 cm³/mol. The fourth-order valence-electron chi connectivity index (χ4n) is 2.14. The van der Waals surface area contributed by atoms with Gasteiger partial charge >= 0.3 is 0 Å². The Balaban J connectivity index is 2.26. The van der Waals surface area contributed by atoms with E-state index in [-0.39, 0.29) is 6.04 Å². The Labute approximate surface area is 134 Å². The molecule has 1 aromatic carbocycles. The van der Waals surface area contributed by atoms with Crippen LogP contribution in [0.15, 0.2) is 41.7 Å². The molecule has 0 aliphatic carbocycles. The molecule has 0 N–H and O–H groups in total. The van der Waals surface area contributed by atoms with Gasteiger partial charge in [0.15, 0.2) is 5.82 Å². The summed E-state index contributed by atoms with van der Waals surface area (Å²) in [6, 6.07) is 8.09. The van der Waals surface area contributed by atoms with Gasteiger partial charge in [-0.3, -0.25) is 4.99 Å². The molecule has 2 aromatic rings. The first-order chi connectivity index (χ1) is 10.5. The van der Waals surface area contributed by atoms with E-state index in [9.17, 15) is 0 Å². The lowest BCUT2D eigenvalue weighted by Crippen LogP contribution is -2.13. The first kappa shape index (κ1) is 16.4. The third-order valence-electron chi connectivity index (χ3n) is 3.18. The second kappa shape index (κ2) is 7.31. The Hall–Kier alpha value is -2.01. The second-order valence-electron chi connectivity index (χ2n) is 5.52. The molecule has 0 aliphatic heterocycles. The maximum Gasteiger partial charge on any atom is 0.274 e. The molecule has 0 bridgehead atoms. The van der Waals surface area contributed by atoms with Crippen LogP contribution >= 0.6 is 0 Å². The Bertz CT molecular complexity index is 653. The van der Waals surface area contributed by atoms with Gasteiger partial charge in [-0.2, -0.15) is 0 Å². The van der Waals surface area contributed by atoms with Gasteiger partial charge in [-0.15, -0.1) is 0 Å². The molecule has 5 heteroatoms. The van der Waals surface area contributed by atoms with Crippen molar-refractivity contribution in [3.63, 3.8) is 0 Å². The van der Waals surface area contributed by atoms with Gasteiger partial charge in [-0.05, 0) is 45.5 Å². The summed E-state index contributed by atoms with van der Waals surface area (Å²) in [4.78, 5) is 13.4. The van der Waals surface area contributed by atoms with E-state index in [0.717, 1.165) is 22.6 Å². The molecule has 0 amide bonds. The molecule has 115 valence electrons. The van der Waals surface area contributed by atoms with Gasteiger partial charge in [0, 0.05) is 18.0 Å². The standard InChI is InChI=1S/C17H22N3OSi/c1-12-10-18-17(19-11-12)14(3)20-13(2)15-8-6-7-9-16(15)21-22(4)5/h6-11,13H,1-5H3. The van der Waals surface area contributed by atoms with Crippen LogP contribution in [0.5, 0.6) is 5.75 Å². The highest BCUT2D eigenvalue weighted by molar-refractivity contribution is 6.49. The molecule has 0 saturated carbocycles. The summed E-state index contributed by atoms with van der Waals surface area (Å²) in [7, 11) is -0.800. The quantitative estimate of drug-likeness (QED) is 0.619. The van der Waals surface area contributed by atoms with E-state index in [1.165, 1.54) is 0 Å². The predicted octanol–water partition coefficient (Wildman–Crippen LogP) is 3.99. The first-order valence-electron chi connectivity index (χ1n) is 7.37. The molecule has 4 nitrogen and oxygen atoms in total. The second-order valence-corrected chi connectivity index (χ2v) is 7.54. The van der Waals surface area contributed by atoms with Gasteiger partial charge in [0.2, 0.25) is 0 Å². The number of aryl methyl sites for hydroxylation is 1. The summed E-state index contributed by atoms with van der Waals surface area (Å²) in [5.74, 6) is 1.60. The fourth-order valence-corrected chi connectivity index (χ4v) is 2.76. The van der Waals surface area contributed by atoms with Crippen LogP contribution in [0.1, 0.15) is 36.8 Å². The highest BCUT2D eigenvalue weighted by Gasteiger charge is 2.13. The lowest BCUT2D eigenvalue weighted by molar-refractivity contribution is 0.563. The fraction of sp³-hybridized carbons (Fsp3) is 0.353. The molecular weight excluding hydrogens is 290 g/mol. The monoisotopic (exact) mass is 312 g/mol. The molecular formula is C17H22N3OSi. The van der Waals surface area contributed by atoms with Crippen molar-refractivity contribution >= 4 is 14.8 Å². The molecule has 1 atom stereocenters. The number of hydrogen-bond acceptors (Lipinski definition) is 4. The van der Waals surface area contributed by atoms with Gasteiger partial charge in [0.05, 0.1) is 11.8 Å². The summed E-state index contributed by atoms with van der Waals surface area (Å²) in [6.07, 6.45) is 3.62. The van der Waals surface area contributed by atoms with Crippen molar-refractivity contribution in [1.29, 1.82) is 0 Å². The zero-order valence-electron chi connectivity index (χ0n) is 13.8. The molecule has 1 radical (unpaired) electrons. The van der Waals surface area contributed by atoms with Crippen LogP contribution in [0.4, 0.5) is 0 Å². The Kier molecular flexibility index (Phi) is 5.44. The Morgan fingerprint density at radius 3 is 2.45 bits per heavy atom. The van der Waals surface area contributed by atoms with E-state index in [2.05, 4.69) is 36.1 Å². The van der Waals surface area contributed by atoms with Crippen LogP contribution in [-0.2, 0) is 0 Å². The largest absolute Gasteiger partial charge is 0.542 e. The molecule has 1 unspecified atom stereocenters. The van der Waals surface area contributed by atoms with Crippen LogP contribution in [0, 0.1) is 6.92 Å². The number of nitrogens with zero attached hydrogens (tertiary/aromatic N) is 3. The highest BCUT2D eigenvalue weighted by atomic mass is 28.3. The molecule has 0 saturated heterocycles. The third kappa shape index (κ3) is 4.24. The highest BCUT2D eigenvalue weighted by Crippen LogP contribution is 2.28. The molecule has 1 aromatic heterocycles. The zero-order chi connectivity index (χ0) is 16.1. The summed E-state index contributed by atoms with van der Waals surface area (Å²) in [6.45, 7) is 10.2. The van der Waals surface area contributed by atoms with Gasteiger partial charge in [0.1, 0.15) is 5.75 Å². The van der Waals surface area contributed by atoms with Crippen molar-refractivity contribution in [3.8, 4) is 5.75 Å². The average molecular weight is 312 g/mol. The summed E-state index contributed by atoms with van der Waals surface area (Å²) >= 11 is 0. The topological polar surface area (TPSA) is 47.4 Å². The van der Waals surface area contributed by atoms with Crippen molar-refractivity contribution in [3.05, 3.63) is 53.6 Å². The van der Waals surface area contributed by atoms with Crippen molar-refractivity contribution in [2.24, 2.45) is 4.99 Å². The van der Waals surface area contributed by atoms with Crippen LogP contribution < -0.4 is 4.43 Å². The van der Waals surface area contributed by atoms with Crippen LogP contribution in [0.25, 0.3) is 0 Å². The zero-order valence-corrected chi connectivity index (χ0v) is 14.8. The smallest absolute Gasteiger partial charge is 0.274 e. The van der Waals surface area contributed by atoms with E-state index >= 15 is 0 Å². The van der Waals surface area contributed by atoms with Crippen molar-refractivity contribution < 1.29 is 4.43 Å². The minimum Gasteiger partial charge on any atom is -0.542 e. The SMILES string of the molecule is CC(=NC(C)c1ccccc1O[Si](C)C)c1ncc(C)cn1. The van der Waals surface area contributed by atoms with Gasteiger partial charge in [0.25, 0.3) is 9.04 Å². The maximum atomic E-state index is 5.97. The normalized spacial score (nSPS) is 13.3.